The first kappa shape index (κ1) is 16.5. The molecule has 0 aliphatic rings. The molecule has 0 heterocycles. The van der Waals surface area contributed by atoms with Crippen LogP contribution in [-0.2, 0) is 13.1 Å². The Morgan fingerprint density at radius 2 is 1.67 bits per heavy atom. The summed E-state index contributed by atoms with van der Waals surface area (Å²) in [6.45, 7) is 4.16. The molecule has 0 radical (unpaired) electrons. The zero-order valence-corrected chi connectivity index (χ0v) is 14.7. The molecule has 0 spiro atoms. The smallest absolute Gasteiger partial charge is 0.0230 e. The van der Waals surface area contributed by atoms with Gasteiger partial charge in [0.1, 0.15) is 0 Å². The molecule has 1 N–H and O–H groups in total. The van der Waals surface area contributed by atoms with Crippen LogP contribution in [0.5, 0.6) is 0 Å². The summed E-state index contributed by atoms with van der Waals surface area (Å²) in [5.74, 6) is 0. The van der Waals surface area contributed by atoms with Crippen molar-refractivity contribution >= 4 is 22.6 Å². The van der Waals surface area contributed by atoms with Gasteiger partial charge in [0.25, 0.3) is 0 Å². The molecule has 2 rings (SSSR count). The first-order chi connectivity index (χ1) is 10.2. The predicted octanol–water partition coefficient (Wildman–Crippen LogP) is 3.90. The summed E-state index contributed by atoms with van der Waals surface area (Å²) in [5.41, 5.74) is 2.74. The molecule has 2 aromatic rings. The van der Waals surface area contributed by atoms with E-state index in [9.17, 15) is 0 Å². The minimum Gasteiger partial charge on any atom is -0.313 e. The Balaban J connectivity index is 1.58. The Labute approximate surface area is 141 Å². The molecule has 112 valence electrons. The number of hydrogen-bond acceptors (Lipinski definition) is 2. The van der Waals surface area contributed by atoms with E-state index in [1.165, 1.54) is 21.1 Å². The second-order valence-electron chi connectivity index (χ2n) is 5.38. The van der Waals surface area contributed by atoms with E-state index in [4.69, 9.17) is 0 Å². The van der Waals surface area contributed by atoms with E-state index in [0.29, 0.717) is 0 Å². The van der Waals surface area contributed by atoms with Crippen molar-refractivity contribution in [2.45, 2.75) is 19.5 Å². The standard InChI is InChI=1S/C18H23IN2/c1-21(15-17-6-3-2-4-7-17)13-5-12-20-14-16-8-10-18(19)11-9-16/h2-4,6-11,20H,5,12-15H2,1H3. The van der Waals surface area contributed by atoms with E-state index >= 15 is 0 Å². The predicted molar refractivity (Wildman–Crippen MR) is 98.3 cm³/mol. The minimum atomic E-state index is 0.958. The van der Waals surface area contributed by atoms with Crippen LogP contribution in [0.2, 0.25) is 0 Å². The Kier molecular flexibility index (Phi) is 7.19. The largest absolute Gasteiger partial charge is 0.313 e. The van der Waals surface area contributed by atoms with Gasteiger partial charge in [-0.05, 0) is 72.4 Å². The van der Waals surface area contributed by atoms with Gasteiger partial charge in [-0.1, -0.05) is 42.5 Å². The van der Waals surface area contributed by atoms with Crippen molar-refractivity contribution in [2.24, 2.45) is 0 Å². The Morgan fingerprint density at radius 1 is 0.952 bits per heavy atom. The van der Waals surface area contributed by atoms with Crippen molar-refractivity contribution in [1.82, 2.24) is 10.2 Å². The van der Waals surface area contributed by atoms with E-state index in [1.54, 1.807) is 0 Å². The molecule has 0 aliphatic heterocycles. The lowest BCUT2D eigenvalue weighted by Gasteiger charge is -2.16. The lowest BCUT2D eigenvalue weighted by atomic mass is 10.2. The number of halogens is 1. The van der Waals surface area contributed by atoms with Gasteiger partial charge in [0.2, 0.25) is 0 Å². The van der Waals surface area contributed by atoms with E-state index in [-0.39, 0.29) is 0 Å². The van der Waals surface area contributed by atoms with Crippen molar-refractivity contribution in [1.29, 1.82) is 0 Å². The molecular formula is C18H23IN2. The van der Waals surface area contributed by atoms with Gasteiger partial charge in [-0.2, -0.15) is 0 Å². The summed E-state index contributed by atoms with van der Waals surface area (Å²) in [7, 11) is 2.19. The Bertz CT molecular complexity index is 511. The van der Waals surface area contributed by atoms with Crippen LogP contribution in [0.25, 0.3) is 0 Å². The van der Waals surface area contributed by atoms with Crippen molar-refractivity contribution < 1.29 is 0 Å². The van der Waals surface area contributed by atoms with E-state index in [2.05, 4.69) is 94.5 Å². The number of nitrogens with one attached hydrogen (secondary N) is 1. The molecule has 0 amide bonds. The number of nitrogens with zero attached hydrogens (tertiary/aromatic N) is 1. The van der Waals surface area contributed by atoms with Crippen LogP contribution in [0, 0.1) is 3.57 Å². The second kappa shape index (κ2) is 9.18. The van der Waals surface area contributed by atoms with Crippen molar-refractivity contribution in [3.63, 3.8) is 0 Å². The fourth-order valence-corrected chi connectivity index (χ4v) is 2.64. The van der Waals surface area contributed by atoms with Crippen LogP contribution in [-0.4, -0.2) is 25.0 Å². The maximum absolute atomic E-state index is 3.51. The molecule has 2 nitrogen and oxygen atoms in total. The van der Waals surface area contributed by atoms with E-state index in [1.807, 2.05) is 0 Å². The minimum absolute atomic E-state index is 0.958. The van der Waals surface area contributed by atoms with Gasteiger partial charge in [-0.25, -0.2) is 0 Å². The molecule has 0 aromatic heterocycles. The Hall–Kier alpha value is -0.910. The molecule has 2 aromatic carbocycles. The second-order valence-corrected chi connectivity index (χ2v) is 6.63. The average molecular weight is 394 g/mol. The van der Waals surface area contributed by atoms with Gasteiger partial charge < -0.3 is 10.2 Å². The number of hydrogen-bond donors (Lipinski definition) is 1. The summed E-state index contributed by atoms with van der Waals surface area (Å²) in [6, 6.07) is 19.3. The van der Waals surface area contributed by atoms with Gasteiger partial charge in [0.05, 0.1) is 0 Å². The number of rotatable bonds is 8. The first-order valence-electron chi connectivity index (χ1n) is 7.41. The van der Waals surface area contributed by atoms with Crippen LogP contribution in [0.1, 0.15) is 17.5 Å². The van der Waals surface area contributed by atoms with Crippen molar-refractivity contribution in [2.75, 3.05) is 20.1 Å². The third-order valence-corrected chi connectivity index (χ3v) is 4.15. The zero-order valence-electron chi connectivity index (χ0n) is 12.6. The van der Waals surface area contributed by atoms with Crippen LogP contribution < -0.4 is 5.32 Å². The van der Waals surface area contributed by atoms with Crippen LogP contribution in [0.15, 0.2) is 54.6 Å². The number of benzene rings is 2. The highest BCUT2D eigenvalue weighted by molar-refractivity contribution is 14.1. The SMILES string of the molecule is CN(CCCNCc1ccc(I)cc1)Cc1ccccc1. The van der Waals surface area contributed by atoms with E-state index in [0.717, 1.165) is 26.2 Å². The molecule has 0 saturated carbocycles. The van der Waals surface area contributed by atoms with Gasteiger partial charge in [-0.15, -0.1) is 0 Å². The molecule has 0 atom stereocenters. The summed E-state index contributed by atoms with van der Waals surface area (Å²) < 4.78 is 1.29. The highest BCUT2D eigenvalue weighted by Gasteiger charge is 1.99. The van der Waals surface area contributed by atoms with Crippen molar-refractivity contribution in [3.05, 3.63) is 69.3 Å². The molecule has 0 bridgehead atoms. The van der Waals surface area contributed by atoms with Crippen LogP contribution >= 0.6 is 22.6 Å². The molecule has 21 heavy (non-hydrogen) atoms. The fourth-order valence-electron chi connectivity index (χ4n) is 2.28. The lowest BCUT2D eigenvalue weighted by Crippen LogP contribution is -2.23. The highest BCUT2D eigenvalue weighted by atomic mass is 127. The maximum Gasteiger partial charge on any atom is 0.0230 e. The lowest BCUT2D eigenvalue weighted by molar-refractivity contribution is 0.319. The summed E-state index contributed by atoms with van der Waals surface area (Å²) in [4.78, 5) is 2.38. The molecule has 0 saturated heterocycles. The third-order valence-electron chi connectivity index (χ3n) is 3.43. The molecular weight excluding hydrogens is 371 g/mol. The highest BCUT2D eigenvalue weighted by Crippen LogP contribution is 2.06. The van der Waals surface area contributed by atoms with Gasteiger partial charge >= 0.3 is 0 Å². The van der Waals surface area contributed by atoms with E-state index < -0.39 is 0 Å². The fraction of sp³-hybridized carbons (Fsp3) is 0.333. The normalized spacial score (nSPS) is 11.0. The quantitative estimate of drug-likeness (QED) is 0.540. The van der Waals surface area contributed by atoms with Crippen molar-refractivity contribution in [3.8, 4) is 0 Å². The van der Waals surface area contributed by atoms with Crippen LogP contribution in [0.3, 0.4) is 0 Å². The van der Waals surface area contributed by atoms with Gasteiger partial charge in [-0.3, -0.25) is 0 Å². The maximum atomic E-state index is 3.51. The Morgan fingerprint density at radius 3 is 2.38 bits per heavy atom. The van der Waals surface area contributed by atoms with Gasteiger partial charge in [0, 0.05) is 16.7 Å². The zero-order chi connectivity index (χ0) is 14.9. The monoisotopic (exact) mass is 394 g/mol. The molecule has 0 unspecified atom stereocenters. The molecule has 0 aliphatic carbocycles. The van der Waals surface area contributed by atoms with Crippen LogP contribution in [0.4, 0.5) is 0 Å². The summed E-state index contributed by atoms with van der Waals surface area (Å²) >= 11 is 2.34. The average Bonchev–Trinajstić information content (AvgIpc) is 2.50. The van der Waals surface area contributed by atoms with Gasteiger partial charge in [0.15, 0.2) is 0 Å². The summed E-state index contributed by atoms with van der Waals surface area (Å²) in [5, 5.41) is 3.51. The molecule has 0 fully saturated rings. The topological polar surface area (TPSA) is 15.3 Å². The third kappa shape index (κ3) is 6.59. The summed E-state index contributed by atoms with van der Waals surface area (Å²) in [6.07, 6.45) is 1.17. The molecule has 3 heteroatoms. The first-order valence-corrected chi connectivity index (χ1v) is 8.49.